The van der Waals surface area contributed by atoms with Gasteiger partial charge in [0.1, 0.15) is 5.82 Å². The first kappa shape index (κ1) is 14.3. The van der Waals surface area contributed by atoms with Crippen molar-refractivity contribution in [2.24, 2.45) is 5.92 Å². The van der Waals surface area contributed by atoms with Crippen LogP contribution in [0.15, 0.2) is 30.3 Å². The summed E-state index contributed by atoms with van der Waals surface area (Å²) in [6.45, 7) is 6.49. The number of fused-ring (bicyclic) bond motifs is 1. The van der Waals surface area contributed by atoms with Crippen molar-refractivity contribution in [1.29, 1.82) is 0 Å². The fourth-order valence-electron chi connectivity index (χ4n) is 2.15. The monoisotopic (exact) mass is 272 g/mol. The molecule has 2 atom stereocenters. The van der Waals surface area contributed by atoms with Crippen LogP contribution in [0, 0.1) is 5.92 Å². The van der Waals surface area contributed by atoms with Gasteiger partial charge >= 0.3 is 5.97 Å². The molecule has 2 aromatic rings. The van der Waals surface area contributed by atoms with E-state index in [1.807, 2.05) is 18.2 Å². The molecule has 106 valence electrons. The summed E-state index contributed by atoms with van der Waals surface area (Å²) in [5.41, 5.74) is 0.989. The number of rotatable bonds is 5. The number of carbonyl (C=O) groups is 1. The number of hydrogen-bond acceptors (Lipinski definition) is 3. The zero-order chi connectivity index (χ0) is 14.7. The lowest BCUT2D eigenvalue weighted by Crippen LogP contribution is -2.23. The van der Waals surface area contributed by atoms with Crippen LogP contribution in [0.4, 0.5) is 5.82 Å². The summed E-state index contributed by atoms with van der Waals surface area (Å²) in [4.78, 5) is 15.7. The standard InChI is InChI=1S/C16H20N2O2/c1-4-10(2)11(3)17-15-9-8-12-13(16(19)20)6-5-7-14(12)18-15/h5-11H,4H2,1-3H3,(H,17,18)(H,19,20). The van der Waals surface area contributed by atoms with E-state index in [0.29, 0.717) is 22.9 Å². The molecule has 1 aromatic heterocycles. The molecule has 1 aromatic carbocycles. The summed E-state index contributed by atoms with van der Waals surface area (Å²) in [6.07, 6.45) is 1.10. The average molecular weight is 272 g/mol. The van der Waals surface area contributed by atoms with Gasteiger partial charge in [-0.25, -0.2) is 9.78 Å². The molecule has 0 saturated carbocycles. The Hall–Kier alpha value is -2.10. The van der Waals surface area contributed by atoms with Crippen molar-refractivity contribution in [1.82, 2.24) is 4.98 Å². The molecular weight excluding hydrogens is 252 g/mol. The minimum atomic E-state index is -0.925. The number of benzene rings is 1. The van der Waals surface area contributed by atoms with Crippen LogP contribution < -0.4 is 5.32 Å². The Morgan fingerprint density at radius 3 is 2.70 bits per heavy atom. The van der Waals surface area contributed by atoms with Crippen LogP contribution in [0.2, 0.25) is 0 Å². The highest BCUT2D eigenvalue weighted by molar-refractivity contribution is 6.02. The zero-order valence-corrected chi connectivity index (χ0v) is 12.1. The van der Waals surface area contributed by atoms with E-state index in [1.54, 1.807) is 12.1 Å². The third-order valence-corrected chi connectivity index (χ3v) is 3.84. The first-order chi connectivity index (χ1) is 9.52. The van der Waals surface area contributed by atoms with Crippen LogP contribution in [0.1, 0.15) is 37.6 Å². The van der Waals surface area contributed by atoms with Crippen molar-refractivity contribution in [3.05, 3.63) is 35.9 Å². The third-order valence-electron chi connectivity index (χ3n) is 3.84. The highest BCUT2D eigenvalue weighted by Crippen LogP contribution is 2.21. The van der Waals surface area contributed by atoms with Gasteiger partial charge in [-0.15, -0.1) is 0 Å². The molecule has 2 N–H and O–H groups in total. The minimum absolute atomic E-state index is 0.288. The molecule has 4 heteroatoms. The number of aromatic carboxylic acids is 1. The number of hydrogen-bond donors (Lipinski definition) is 2. The van der Waals surface area contributed by atoms with E-state index in [2.05, 4.69) is 31.1 Å². The quantitative estimate of drug-likeness (QED) is 0.869. The third kappa shape index (κ3) is 2.90. The number of nitrogens with zero attached hydrogens (tertiary/aromatic N) is 1. The number of aromatic nitrogens is 1. The van der Waals surface area contributed by atoms with Crippen LogP contribution in [0.25, 0.3) is 10.9 Å². The van der Waals surface area contributed by atoms with Gasteiger partial charge in [0.05, 0.1) is 11.1 Å². The number of anilines is 1. The van der Waals surface area contributed by atoms with Gasteiger partial charge in [0, 0.05) is 11.4 Å². The predicted molar refractivity (Wildman–Crippen MR) is 81.2 cm³/mol. The molecule has 20 heavy (non-hydrogen) atoms. The van der Waals surface area contributed by atoms with E-state index in [1.165, 1.54) is 0 Å². The molecule has 2 unspecified atom stereocenters. The Morgan fingerprint density at radius 2 is 2.05 bits per heavy atom. The van der Waals surface area contributed by atoms with Crippen LogP contribution >= 0.6 is 0 Å². The van der Waals surface area contributed by atoms with E-state index >= 15 is 0 Å². The molecule has 0 bridgehead atoms. The van der Waals surface area contributed by atoms with E-state index in [4.69, 9.17) is 5.11 Å². The van der Waals surface area contributed by atoms with Crippen molar-refractivity contribution in [2.45, 2.75) is 33.2 Å². The van der Waals surface area contributed by atoms with Gasteiger partial charge in [0.25, 0.3) is 0 Å². The molecule has 0 fully saturated rings. The molecule has 0 spiro atoms. The van der Waals surface area contributed by atoms with Gasteiger partial charge in [-0.2, -0.15) is 0 Å². The van der Waals surface area contributed by atoms with Crippen LogP contribution in [0.3, 0.4) is 0 Å². The maximum atomic E-state index is 11.2. The van der Waals surface area contributed by atoms with Crippen LogP contribution in [-0.4, -0.2) is 22.1 Å². The second-order valence-corrected chi connectivity index (χ2v) is 5.19. The van der Waals surface area contributed by atoms with Gasteiger partial charge in [-0.1, -0.05) is 26.3 Å². The Bertz CT molecular complexity index is 625. The lowest BCUT2D eigenvalue weighted by atomic mass is 10.0. The first-order valence-corrected chi connectivity index (χ1v) is 6.92. The van der Waals surface area contributed by atoms with E-state index in [-0.39, 0.29) is 5.56 Å². The van der Waals surface area contributed by atoms with Gasteiger partial charge in [0.15, 0.2) is 0 Å². The van der Waals surface area contributed by atoms with Crippen LogP contribution in [-0.2, 0) is 0 Å². The van der Waals surface area contributed by atoms with Crippen molar-refractivity contribution in [3.8, 4) is 0 Å². The summed E-state index contributed by atoms with van der Waals surface area (Å²) in [7, 11) is 0. The number of carboxylic acid groups (broad SMARTS) is 1. The molecule has 0 aliphatic heterocycles. The van der Waals surface area contributed by atoms with Gasteiger partial charge in [-0.3, -0.25) is 0 Å². The Kier molecular flexibility index (Phi) is 4.23. The highest BCUT2D eigenvalue weighted by atomic mass is 16.4. The lowest BCUT2D eigenvalue weighted by molar-refractivity contribution is 0.0699. The lowest BCUT2D eigenvalue weighted by Gasteiger charge is -2.20. The Morgan fingerprint density at radius 1 is 1.30 bits per heavy atom. The van der Waals surface area contributed by atoms with Gasteiger partial charge in [-0.05, 0) is 37.1 Å². The van der Waals surface area contributed by atoms with E-state index in [9.17, 15) is 4.79 Å². The maximum Gasteiger partial charge on any atom is 0.336 e. The molecular formula is C16H20N2O2. The Labute approximate surface area is 118 Å². The molecule has 4 nitrogen and oxygen atoms in total. The minimum Gasteiger partial charge on any atom is -0.478 e. The number of nitrogens with one attached hydrogen (secondary N) is 1. The summed E-state index contributed by atoms with van der Waals surface area (Å²) < 4.78 is 0. The van der Waals surface area contributed by atoms with Gasteiger partial charge < -0.3 is 10.4 Å². The van der Waals surface area contributed by atoms with Crippen molar-refractivity contribution >= 4 is 22.7 Å². The normalized spacial score (nSPS) is 13.9. The summed E-state index contributed by atoms with van der Waals surface area (Å²) >= 11 is 0. The average Bonchev–Trinajstić information content (AvgIpc) is 2.45. The Balaban J connectivity index is 2.33. The summed E-state index contributed by atoms with van der Waals surface area (Å²) in [5, 5.41) is 13.2. The predicted octanol–water partition coefficient (Wildman–Crippen LogP) is 3.78. The van der Waals surface area contributed by atoms with Crippen LogP contribution in [0.5, 0.6) is 0 Å². The van der Waals surface area contributed by atoms with Gasteiger partial charge in [0.2, 0.25) is 0 Å². The zero-order valence-electron chi connectivity index (χ0n) is 12.1. The molecule has 1 heterocycles. The number of pyridine rings is 1. The topological polar surface area (TPSA) is 62.2 Å². The molecule has 0 saturated heterocycles. The molecule has 0 aliphatic rings. The smallest absolute Gasteiger partial charge is 0.336 e. The molecule has 2 rings (SSSR count). The summed E-state index contributed by atoms with van der Waals surface area (Å²) in [6, 6.07) is 9.14. The van der Waals surface area contributed by atoms with Crippen molar-refractivity contribution < 1.29 is 9.90 Å². The fourth-order valence-corrected chi connectivity index (χ4v) is 2.15. The fraction of sp³-hybridized carbons (Fsp3) is 0.375. The largest absolute Gasteiger partial charge is 0.478 e. The number of carboxylic acids is 1. The van der Waals surface area contributed by atoms with E-state index in [0.717, 1.165) is 12.2 Å². The SMILES string of the molecule is CCC(C)C(C)Nc1ccc2c(C(=O)O)cccc2n1. The molecule has 0 aliphatic carbocycles. The second-order valence-electron chi connectivity index (χ2n) is 5.19. The second kappa shape index (κ2) is 5.90. The maximum absolute atomic E-state index is 11.2. The highest BCUT2D eigenvalue weighted by Gasteiger charge is 2.12. The molecule has 0 amide bonds. The summed E-state index contributed by atoms with van der Waals surface area (Å²) in [5.74, 6) is 0.414. The van der Waals surface area contributed by atoms with Crippen molar-refractivity contribution in [3.63, 3.8) is 0 Å². The molecule has 0 radical (unpaired) electrons. The van der Waals surface area contributed by atoms with Crippen molar-refractivity contribution in [2.75, 3.05) is 5.32 Å². The van der Waals surface area contributed by atoms with E-state index < -0.39 is 5.97 Å². The first-order valence-electron chi connectivity index (χ1n) is 6.92.